The van der Waals surface area contributed by atoms with Crippen LogP contribution >= 0.6 is 11.3 Å². The van der Waals surface area contributed by atoms with Crippen LogP contribution in [0, 0.1) is 6.92 Å². The summed E-state index contributed by atoms with van der Waals surface area (Å²) in [7, 11) is 0. The number of thiazole rings is 1. The molecule has 9 nitrogen and oxygen atoms in total. The van der Waals surface area contributed by atoms with Crippen molar-refractivity contribution in [2.24, 2.45) is 0 Å². The molecule has 0 aromatic carbocycles. The van der Waals surface area contributed by atoms with Crippen molar-refractivity contribution in [1.82, 2.24) is 29.7 Å². The third-order valence-electron chi connectivity index (χ3n) is 6.81. The van der Waals surface area contributed by atoms with Crippen molar-refractivity contribution in [1.29, 1.82) is 0 Å². The fraction of sp³-hybridized carbons (Fsp3) is 0.500. The average molecular weight is 508 g/mol. The molecular formula is C26H33N7O2S. The molecule has 36 heavy (non-hydrogen) atoms. The maximum atomic E-state index is 11.5. The zero-order chi connectivity index (χ0) is 25.1. The second-order valence-corrected chi connectivity index (χ2v) is 10.6. The molecule has 1 saturated carbocycles. The van der Waals surface area contributed by atoms with Gasteiger partial charge in [-0.3, -0.25) is 14.7 Å². The summed E-state index contributed by atoms with van der Waals surface area (Å²) in [4.78, 5) is 35.0. The molecule has 3 aromatic rings. The predicted octanol–water partition coefficient (Wildman–Crippen LogP) is 3.93. The number of pyridine rings is 1. The number of nitrogen functional groups attached to an aromatic ring is 1. The van der Waals surface area contributed by atoms with Crippen LogP contribution in [0.1, 0.15) is 50.3 Å². The van der Waals surface area contributed by atoms with E-state index in [0.717, 1.165) is 78.1 Å². The number of ether oxygens (including phenoxy) is 1. The number of aryl methyl sites for hydroxylation is 1. The van der Waals surface area contributed by atoms with Crippen molar-refractivity contribution in [3.8, 4) is 27.3 Å². The Kier molecular flexibility index (Phi) is 7.43. The minimum Gasteiger partial charge on any atom is -0.460 e. The first-order valence-electron chi connectivity index (χ1n) is 12.7. The lowest BCUT2D eigenvalue weighted by molar-refractivity contribution is -0.130. The molecule has 3 aromatic heterocycles. The van der Waals surface area contributed by atoms with Gasteiger partial charge in [0, 0.05) is 51.5 Å². The molecule has 2 aliphatic rings. The average Bonchev–Trinajstić information content (AvgIpc) is 3.27. The number of hydrogen-bond donors (Lipinski definition) is 1. The van der Waals surface area contributed by atoms with Gasteiger partial charge in [0.05, 0.1) is 16.3 Å². The van der Waals surface area contributed by atoms with E-state index in [1.807, 2.05) is 30.2 Å². The molecule has 1 aliphatic carbocycles. The summed E-state index contributed by atoms with van der Waals surface area (Å²) < 4.78 is 6.11. The number of piperazine rings is 1. The highest BCUT2D eigenvalue weighted by Crippen LogP contribution is 2.36. The standard InChI is InChI=1S/C26H33N7O2S/c1-17-14-22(30-26(29-17)35-20-6-4-3-5-7-20)23-24(27)31-25(36-23)21-9-8-19(15-28-21)16-32-10-12-33(13-11-32)18(2)34/h8-9,14-15,20H,3-7,10-13,16,27H2,1-2H3. The minimum absolute atomic E-state index is 0.146. The second kappa shape index (κ2) is 10.9. The summed E-state index contributed by atoms with van der Waals surface area (Å²) in [5.41, 5.74) is 9.81. The molecule has 0 bridgehead atoms. The van der Waals surface area contributed by atoms with Gasteiger partial charge in [-0.05, 0) is 50.3 Å². The number of amides is 1. The van der Waals surface area contributed by atoms with E-state index in [1.165, 1.54) is 30.6 Å². The van der Waals surface area contributed by atoms with Crippen molar-refractivity contribution < 1.29 is 9.53 Å². The van der Waals surface area contributed by atoms with Gasteiger partial charge in [-0.15, -0.1) is 11.3 Å². The van der Waals surface area contributed by atoms with Gasteiger partial charge < -0.3 is 15.4 Å². The number of carbonyl (C=O) groups is 1. The molecule has 0 radical (unpaired) electrons. The smallest absolute Gasteiger partial charge is 0.317 e. The van der Waals surface area contributed by atoms with E-state index in [-0.39, 0.29) is 12.0 Å². The Morgan fingerprint density at radius 1 is 1.08 bits per heavy atom. The molecule has 2 fully saturated rings. The maximum Gasteiger partial charge on any atom is 0.317 e. The normalized spacial score (nSPS) is 17.3. The van der Waals surface area contributed by atoms with E-state index in [4.69, 9.17) is 10.5 Å². The SMILES string of the molecule is CC(=O)N1CCN(Cc2ccc(-c3nc(N)c(-c4cc(C)nc(OC5CCCCC5)n4)s3)nc2)CC1. The summed E-state index contributed by atoms with van der Waals surface area (Å²) in [6, 6.07) is 6.41. The number of nitrogens with two attached hydrogens (primary N) is 1. The Morgan fingerprint density at radius 3 is 2.56 bits per heavy atom. The van der Waals surface area contributed by atoms with Crippen LogP contribution in [0.5, 0.6) is 6.01 Å². The van der Waals surface area contributed by atoms with Crippen LogP contribution in [-0.4, -0.2) is 67.9 Å². The highest BCUT2D eigenvalue weighted by molar-refractivity contribution is 7.18. The Bertz CT molecular complexity index is 1200. The number of anilines is 1. The fourth-order valence-corrected chi connectivity index (χ4v) is 5.71. The Hall–Kier alpha value is -3.11. The molecular weight excluding hydrogens is 474 g/mol. The van der Waals surface area contributed by atoms with Crippen LogP contribution in [0.15, 0.2) is 24.4 Å². The third kappa shape index (κ3) is 5.82. The molecule has 10 heteroatoms. The molecule has 190 valence electrons. The van der Waals surface area contributed by atoms with Crippen LogP contribution in [0.4, 0.5) is 5.82 Å². The molecule has 4 heterocycles. The maximum absolute atomic E-state index is 11.5. The van der Waals surface area contributed by atoms with Crippen molar-refractivity contribution in [2.75, 3.05) is 31.9 Å². The first-order chi connectivity index (χ1) is 17.4. The summed E-state index contributed by atoms with van der Waals surface area (Å²) >= 11 is 1.48. The van der Waals surface area contributed by atoms with E-state index in [2.05, 4.69) is 30.9 Å². The monoisotopic (exact) mass is 507 g/mol. The molecule has 1 saturated heterocycles. The number of nitrogens with zero attached hydrogens (tertiary/aromatic N) is 6. The third-order valence-corrected chi connectivity index (χ3v) is 7.93. The van der Waals surface area contributed by atoms with Crippen molar-refractivity contribution in [2.45, 2.75) is 58.6 Å². The van der Waals surface area contributed by atoms with Gasteiger partial charge in [-0.1, -0.05) is 12.5 Å². The molecule has 0 spiro atoms. The first-order valence-corrected chi connectivity index (χ1v) is 13.5. The zero-order valence-corrected chi connectivity index (χ0v) is 21.8. The molecule has 5 rings (SSSR count). The largest absolute Gasteiger partial charge is 0.460 e. The first kappa shape index (κ1) is 24.6. The molecule has 0 atom stereocenters. The van der Waals surface area contributed by atoms with Gasteiger partial charge in [-0.25, -0.2) is 9.97 Å². The summed E-state index contributed by atoms with van der Waals surface area (Å²) in [5.74, 6) is 0.582. The number of hydrogen-bond acceptors (Lipinski definition) is 9. The van der Waals surface area contributed by atoms with Gasteiger partial charge in [0.2, 0.25) is 5.91 Å². The van der Waals surface area contributed by atoms with Crippen molar-refractivity contribution >= 4 is 23.1 Å². The lowest BCUT2D eigenvalue weighted by Gasteiger charge is -2.34. The van der Waals surface area contributed by atoms with Gasteiger partial charge in [-0.2, -0.15) is 4.98 Å². The fourth-order valence-electron chi connectivity index (χ4n) is 4.79. The van der Waals surface area contributed by atoms with E-state index in [1.54, 1.807) is 6.92 Å². The highest BCUT2D eigenvalue weighted by atomic mass is 32.1. The Balaban J connectivity index is 1.27. The van der Waals surface area contributed by atoms with Gasteiger partial charge in [0.15, 0.2) is 0 Å². The predicted molar refractivity (Wildman–Crippen MR) is 141 cm³/mol. The molecule has 2 N–H and O–H groups in total. The van der Waals surface area contributed by atoms with Gasteiger partial charge >= 0.3 is 6.01 Å². The highest BCUT2D eigenvalue weighted by Gasteiger charge is 2.21. The number of aromatic nitrogens is 4. The Morgan fingerprint density at radius 2 is 1.86 bits per heavy atom. The number of rotatable bonds is 6. The van der Waals surface area contributed by atoms with E-state index < -0.39 is 0 Å². The lowest BCUT2D eigenvalue weighted by Crippen LogP contribution is -2.47. The summed E-state index contributed by atoms with van der Waals surface area (Å²) in [6.45, 7) is 7.68. The summed E-state index contributed by atoms with van der Waals surface area (Å²) in [6.07, 6.45) is 7.84. The van der Waals surface area contributed by atoms with Crippen molar-refractivity contribution in [3.05, 3.63) is 35.7 Å². The molecule has 0 unspecified atom stereocenters. The van der Waals surface area contributed by atoms with Crippen LogP contribution in [-0.2, 0) is 11.3 Å². The van der Waals surface area contributed by atoms with Gasteiger partial charge in [0.25, 0.3) is 0 Å². The van der Waals surface area contributed by atoms with Crippen LogP contribution < -0.4 is 10.5 Å². The lowest BCUT2D eigenvalue weighted by atomic mass is 9.98. The quantitative estimate of drug-likeness (QED) is 0.534. The molecule has 1 aliphatic heterocycles. The van der Waals surface area contributed by atoms with E-state index in [9.17, 15) is 4.79 Å². The van der Waals surface area contributed by atoms with Crippen LogP contribution in [0.25, 0.3) is 21.3 Å². The summed E-state index contributed by atoms with van der Waals surface area (Å²) in [5, 5.41) is 0.759. The number of carbonyl (C=O) groups excluding carboxylic acids is 1. The van der Waals surface area contributed by atoms with Crippen molar-refractivity contribution in [3.63, 3.8) is 0 Å². The van der Waals surface area contributed by atoms with E-state index in [0.29, 0.717) is 11.8 Å². The second-order valence-electron chi connectivity index (χ2n) is 9.62. The minimum atomic E-state index is 0.146. The topological polar surface area (TPSA) is 110 Å². The molecule has 1 amide bonds. The van der Waals surface area contributed by atoms with E-state index >= 15 is 0 Å². The van der Waals surface area contributed by atoms with Crippen LogP contribution in [0.3, 0.4) is 0 Å². The Labute approximate surface area is 215 Å². The van der Waals surface area contributed by atoms with Gasteiger partial charge in [0.1, 0.15) is 16.9 Å². The zero-order valence-electron chi connectivity index (χ0n) is 20.9. The van der Waals surface area contributed by atoms with Crippen LogP contribution in [0.2, 0.25) is 0 Å².